The zero-order valence-corrected chi connectivity index (χ0v) is 14.9. The largest absolute Gasteiger partial charge is 0.321 e. The number of carbonyl (C=O) groups is 1. The average Bonchev–Trinajstić information content (AvgIpc) is 2.53. The number of carbonyl (C=O) groups excluding carboxylic acids is 1. The summed E-state index contributed by atoms with van der Waals surface area (Å²) in [7, 11) is 2.10. The summed E-state index contributed by atoms with van der Waals surface area (Å²) in [5.74, 6) is -0.0960. The third-order valence-corrected chi connectivity index (χ3v) is 4.50. The number of hydrogen-bond acceptors (Lipinski definition) is 3. The van der Waals surface area contributed by atoms with Crippen LogP contribution < -0.4 is 5.32 Å². The number of aromatic nitrogens is 1. The third-order valence-electron chi connectivity index (χ3n) is 4.50. The second-order valence-electron chi connectivity index (χ2n) is 7.60. The highest BCUT2D eigenvalue weighted by atomic mass is 16.1. The monoisotopic (exact) mass is 323 g/mol. The maximum atomic E-state index is 12.5. The van der Waals surface area contributed by atoms with E-state index in [1.54, 1.807) is 6.20 Å². The summed E-state index contributed by atoms with van der Waals surface area (Å²) in [6.45, 7) is 8.41. The van der Waals surface area contributed by atoms with Crippen LogP contribution in [0.15, 0.2) is 36.5 Å². The number of nitrogens with zero attached hydrogens (tertiary/aromatic N) is 2. The van der Waals surface area contributed by atoms with Gasteiger partial charge in [0.1, 0.15) is 0 Å². The Labute approximate surface area is 143 Å². The number of likely N-dealkylation sites (N-methyl/N-ethyl adjacent to an activating group) is 1. The first-order valence-electron chi connectivity index (χ1n) is 8.41. The van der Waals surface area contributed by atoms with E-state index in [-0.39, 0.29) is 11.3 Å². The molecule has 1 N–H and O–H groups in total. The minimum Gasteiger partial charge on any atom is -0.321 e. The lowest BCUT2D eigenvalue weighted by molar-refractivity contribution is 0.102. The molecule has 0 saturated carbocycles. The van der Waals surface area contributed by atoms with E-state index in [0.29, 0.717) is 5.56 Å². The van der Waals surface area contributed by atoms with Crippen molar-refractivity contribution in [1.29, 1.82) is 0 Å². The molecule has 126 valence electrons. The van der Waals surface area contributed by atoms with Crippen LogP contribution >= 0.6 is 0 Å². The number of benzene rings is 1. The van der Waals surface area contributed by atoms with Crippen LogP contribution in [0.3, 0.4) is 0 Å². The lowest BCUT2D eigenvalue weighted by atomic mass is 9.87. The molecule has 1 aliphatic heterocycles. The number of rotatable bonds is 2. The molecule has 1 aliphatic rings. The maximum Gasteiger partial charge on any atom is 0.255 e. The molecule has 4 nitrogen and oxygen atoms in total. The fraction of sp³-hybridized carbons (Fsp3) is 0.400. The van der Waals surface area contributed by atoms with Crippen molar-refractivity contribution in [3.63, 3.8) is 0 Å². The van der Waals surface area contributed by atoms with Gasteiger partial charge in [0, 0.05) is 30.8 Å². The molecule has 1 amide bonds. The lowest BCUT2D eigenvalue weighted by Gasteiger charge is -2.24. The number of anilines is 1. The van der Waals surface area contributed by atoms with Crippen LogP contribution in [-0.2, 0) is 18.4 Å². The van der Waals surface area contributed by atoms with Gasteiger partial charge >= 0.3 is 0 Å². The summed E-state index contributed by atoms with van der Waals surface area (Å²) >= 11 is 0. The Morgan fingerprint density at radius 1 is 1.21 bits per heavy atom. The van der Waals surface area contributed by atoms with E-state index in [4.69, 9.17) is 0 Å². The van der Waals surface area contributed by atoms with Crippen molar-refractivity contribution in [2.24, 2.45) is 0 Å². The lowest BCUT2D eigenvalue weighted by Crippen LogP contribution is -2.27. The summed E-state index contributed by atoms with van der Waals surface area (Å²) in [5.41, 5.74) is 5.07. The molecule has 0 atom stereocenters. The predicted octanol–water partition coefficient (Wildman–Crippen LogP) is 3.62. The molecule has 0 bridgehead atoms. The van der Waals surface area contributed by atoms with Gasteiger partial charge in [-0.2, -0.15) is 0 Å². The fourth-order valence-corrected chi connectivity index (χ4v) is 2.96. The van der Waals surface area contributed by atoms with Crippen LogP contribution in [0.5, 0.6) is 0 Å². The van der Waals surface area contributed by atoms with Crippen molar-refractivity contribution in [3.05, 3.63) is 58.9 Å². The van der Waals surface area contributed by atoms with Crippen LogP contribution in [0, 0.1) is 0 Å². The molecule has 0 radical (unpaired) electrons. The van der Waals surface area contributed by atoms with Crippen molar-refractivity contribution in [1.82, 2.24) is 9.88 Å². The second kappa shape index (κ2) is 6.36. The Morgan fingerprint density at radius 2 is 1.92 bits per heavy atom. The summed E-state index contributed by atoms with van der Waals surface area (Å²) < 4.78 is 0. The number of fused-ring (bicyclic) bond motifs is 1. The Bertz CT molecular complexity index is 744. The Balaban J connectivity index is 1.74. The molecule has 1 aromatic heterocycles. The molecule has 1 aromatic carbocycles. The molecule has 0 fully saturated rings. The molecule has 3 rings (SSSR count). The van der Waals surface area contributed by atoms with Crippen LogP contribution in [-0.4, -0.2) is 29.4 Å². The van der Waals surface area contributed by atoms with E-state index in [9.17, 15) is 4.79 Å². The highest BCUT2D eigenvalue weighted by molar-refractivity contribution is 6.04. The normalized spacial score (nSPS) is 15.0. The minimum absolute atomic E-state index is 0.0868. The molecule has 0 unspecified atom stereocenters. The van der Waals surface area contributed by atoms with Crippen LogP contribution in [0.2, 0.25) is 0 Å². The van der Waals surface area contributed by atoms with E-state index in [1.165, 1.54) is 11.1 Å². The number of hydrogen-bond donors (Lipinski definition) is 1. The highest BCUT2D eigenvalue weighted by Gasteiger charge is 2.17. The Hall–Kier alpha value is -2.20. The van der Waals surface area contributed by atoms with E-state index in [1.807, 2.05) is 30.3 Å². The van der Waals surface area contributed by atoms with Gasteiger partial charge in [-0.15, -0.1) is 0 Å². The summed E-state index contributed by atoms with van der Waals surface area (Å²) in [6.07, 6.45) is 2.72. The summed E-state index contributed by atoms with van der Waals surface area (Å²) in [4.78, 5) is 19.2. The van der Waals surface area contributed by atoms with E-state index in [2.05, 4.69) is 43.0 Å². The van der Waals surface area contributed by atoms with E-state index in [0.717, 1.165) is 30.9 Å². The van der Waals surface area contributed by atoms with Crippen molar-refractivity contribution < 1.29 is 4.79 Å². The molecule has 4 heteroatoms. The van der Waals surface area contributed by atoms with Gasteiger partial charge < -0.3 is 10.2 Å². The molecule has 2 aromatic rings. The first-order chi connectivity index (χ1) is 11.3. The van der Waals surface area contributed by atoms with Crippen molar-refractivity contribution in [3.8, 4) is 0 Å². The fourth-order valence-electron chi connectivity index (χ4n) is 2.96. The first-order valence-corrected chi connectivity index (χ1v) is 8.41. The van der Waals surface area contributed by atoms with Gasteiger partial charge in [0.05, 0.1) is 11.9 Å². The standard InChI is InChI=1S/C20H25N3O/c1-20(2,3)16-7-5-14(6-8-16)19(24)22-17-11-15-13-23(4)10-9-18(15)21-12-17/h5-8,11-12H,9-10,13H2,1-4H3,(H,22,24). The minimum atomic E-state index is -0.0960. The zero-order chi connectivity index (χ0) is 17.3. The molecule has 0 spiro atoms. The summed E-state index contributed by atoms with van der Waals surface area (Å²) in [6, 6.07) is 9.86. The van der Waals surface area contributed by atoms with E-state index < -0.39 is 0 Å². The molecular weight excluding hydrogens is 298 g/mol. The topological polar surface area (TPSA) is 45.2 Å². The SMILES string of the molecule is CN1CCc2ncc(NC(=O)c3ccc(C(C)(C)C)cc3)cc2C1. The Kier molecular flexibility index (Phi) is 4.41. The van der Waals surface area contributed by atoms with Crippen LogP contribution in [0.1, 0.15) is 48.0 Å². The molecule has 0 saturated heterocycles. The van der Waals surface area contributed by atoms with Gasteiger partial charge in [0.15, 0.2) is 0 Å². The van der Waals surface area contributed by atoms with Crippen LogP contribution in [0.4, 0.5) is 5.69 Å². The van der Waals surface area contributed by atoms with E-state index >= 15 is 0 Å². The number of amides is 1. The summed E-state index contributed by atoms with van der Waals surface area (Å²) in [5, 5.41) is 2.96. The van der Waals surface area contributed by atoms with Gasteiger partial charge in [0.2, 0.25) is 0 Å². The van der Waals surface area contributed by atoms with Gasteiger partial charge in [-0.25, -0.2) is 0 Å². The molecule has 0 aliphatic carbocycles. The predicted molar refractivity (Wildman–Crippen MR) is 97.4 cm³/mol. The quantitative estimate of drug-likeness (QED) is 0.918. The van der Waals surface area contributed by atoms with Gasteiger partial charge in [-0.1, -0.05) is 32.9 Å². The van der Waals surface area contributed by atoms with Crippen molar-refractivity contribution in [2.75, 3.05) is 18.9 Å². The molecule has 24 heavy (non-hydrogen) atoms. The third kappa shape index (κ3) is 3.65. The maximum absolute atomic E-state index is 12.5. The highest BCUT2D eigenvalue weighted by Crippen LogP contribution is 2.23. The van der Waals surface area contributed by atoms with Crippen molar-refractivity contribution in [2.45, 2.75) is 39.2 Å². The van der Waals surface area contributed by atoms with Crippen molar-refractivity contribution >= 4 is 11.6 Å². The first kappa shape index (κ1) is 16.7. The van der Waals surface area contributed by atoms with Gasteiger partial charge in [-0.3, -0.25) is 9.78 Å². The second-order valence-corrected chi connectivity index (χ2v) is 7.60. The molecular formula is C20H25N3O. The number of pyridine rings is 1. The van der Waals surface area contributed by atoms with Gasteiger partial charge in [0.25, 0.3) is 5.91 Å². The molecule has 2 heterocycles. The Morgan fingerprint density at radius 3 is 2.58 bits per heavy atom. The van der Waals surface area contributed by atoms with Gasteiger partial charge in [-0.05, 0) is 41.8 Å². The van der Waals surface area contributed by atoms with Crippen LogP contribution in [0.25, 0.3) is 0 Å². The number of nitrogens with one attached hydrogen (secondary N) is 1. The zero-order valence-electron chi connectivity index (χ0n) is 14.9. The average molecular weight is 323 g/mol. The smallest absolute Gasteiger partial charge is 0.255 e.